The van der Waals surface area contributed by atoms with Crippen molar-refractivity contribution in [2.75, 3.05) is 6.54 Å². The number of carbonyl (C=O) groups excluding carboxylic acids is 1. The van der Waals surface area contributed by atoms with E-state index in [1.54, 1.807) is 0 Å². The van der Waals surface area contributed by atoms with E-state index < -0.39 is 0 Å². The van der Waals surface area contributed by atoms with Gasteiger partial charge in [-0.3, -0.25) is 4.79 Å². The number of amides is 1. The van der Waals surface area contributed by atoms with Gasteiger partial charge in [0.2, 0.25) is 0 Å². The van der Waals surface area contributed by atoms with Crippen molar-refractivity contribution in [2.24, 2.45) is 5.92 Å². The lowest BCUT2D eigenvalue weighted by Gasteiger charge is -2.26. The number of aryl methyl sites for hydroxylation is 1. The molecule has 146 valence electrons. The number of aromatic nitrogens is 1. The van der Waals surface area contributed by atoms with Crippen LogP contribution in [0.5, 0.6) is 0 Å². The van der Waals surface area contributed by atoms with Crippen molar-refractivity contribution in [3.63, 3.8) is 0 Å². The normalized spacial score (nSPS) is 11.0. The Morgan fingerprint density at radius 1 is 1.07 bits per heavy atom. The largest absolute Gasteiger partial charge is 0.345 e. The van der Waals surface area contributed by atoms with Gasteiger partial charge in [-0.15, -0.1) is 0 Å². The zero-order valence-corrected chi connectivity index (χ0v) is 17.5. The van der Waals surface area contributed by atoms with E-state index in [4.69, 9.17) is 11.6 Å². The maximum Gasteiger partial charge on any atom is 0.254 e. The first-order chi connectivity index (χ1) is 13.4. The van der Waals surface area contributed by atoms with Crippen molar-refractivity contribution in [2.45, 2.75) is 33.9 Å². The molecule has 3 aromatic rings. The predicted octanol–water partition coefficient (Wildman–Crippen LogP) is 5.80. The van der Waals surface area contributed by atoms with Gasteiger partial charge in [-0.25, -0.2) is 0 Å². The van der Waals surface area contributed by atoms with Crippen LogP contribution in [0.1, 0.15) is 41.0 Å². The number of carbonyl (C=O) groups is 1. The van der Waals surface area contributed by atoms with Gasteiger partial charge in [-0.05, 0) is 54.3 Å². The Morgan fingerprint density at radius 2 is 1.86 bits per heavy atom. The Balaban J connectivity index is 1.83. The molecule has 0 saturated carbocycles. The summed E-state index contributed by atoms with van der Waals surface area (Å²) in [5, 5.41) is 0.738. The van der Waals surface area contributed by atoms with Crippen LogP contribution in [0, 0.1) is 12.8 Å². The Labute approximate surface area is 172 Å². The monoisotopic (exact) mass is 394 g/mol. The molecule has 0 aliphatic heterocycles. The molecule has 3 nitrogen and oxygen atoms in total. The molecule has 0 spiro atoms. The summed E-state index contributed by atoms with van der Waals surface area (Å²) in [4.78, 5) is 15.2. The lowest BCUT2D eigenvalue weighted by atomic mass is 10.1. The molecular weight excluding hydrogens is 368 g/mol. The van der Waals surface area contributed by atoms with Crippen LogP contribution in [-0.2, 0) is 13.1 Å². The van der Waals surface area contributed by atoms with Crippen LogP contribution in [0.15, 0.2) is 66.9 Å². The quantitative estimate of drug-likeness (QED) is 0.497. The molecule has 0 bridgehead atoms. The third-order valence-electron chi connectivity index (χ3n) is 4.77. The first-order valence-electron chi connectivity index (χ1n) is 9.67. The van der Waals surface area contributed by atoms with Gasteiger partial charge in [-0.1, -0.05) is 55.8 Å². The van der Waals surface area contributed by atoms with Gasteiger partial charge in [0.05, 0.1) is 6.54 Å². The molecule has 0 saturated heterocycles. The first-order valence-corrected chi connectivity index (χ1v) is 10.0. The van der Waals surface area contributed by atoms with Gasteiger partial charge >= 0.3 is 0 Å². The zero-order valence-electron chi connectivity index (χ0n) is 16.7. The summed E-state index contributed by atoms with van der Waals surface area (Å²) in [6, 6.07) is 19.8. The molecule has 0 aliphatic rings. The van der Waals surface area contributed by atoms with Gasteiger partial charge in [0.15, 0.2) is 0 Å². The summed E-state index contributed by atoms with van der Waals surface area (Å²) >= 11 is 6.13. The minimum Gasteiger partial charge on any atom is -0.345 e. The summed E-state index contributed by atoms with van der Waals surface area (Å²) in [6.45, 7) is 8.31. The van der Waals surface area contributed by atoms with Crippen molar-refractivity contribution in [3.05, 3.63) is 94.3 Å². The summed E-state index contributed by atoms with van der Waals surface area (Å²) < 4.78 is 2.18. The van der Waals surface area contributed by atoms with E-state index in [-0.39, 0.29) is 5.91 Å². The SMILES string of the molecule is Cc1ccccc1C(=O)N(Cc1cccn1Cc1cccc(Cl)c1)CC(C)C. The van der Waals surface area contributed by atoms with Crippen LogP contribution in [0.3, 0.4) is 0 Å². The number of hydrogen-bond donors (Lipinski definition) is 0. The highest BCUT2D eigenvalue weighted by molar-refractivity contribution is 6.30. The minimum absolute atomic E-state index is 0.0855. The van der Waals surface area contributed by atoms with Gasteiger partial charge in [0.1, 0.15) is 0 Å². The fourth-order valence-electron chi connectivity index (χ4n) is 3.42. The third-order valence-corrected chi connectivity index (χ3v) is 5.00. The van der Waals surface area contributed by atoms with Crippen LogP contribution >= 0.6 is 11.6 Å². The molecule has 4 heteroatoms. The molecule has 0 radical (unpaired) electrons. The highest BCUT2D eigenvalue weighted by Gasteiger charge is 2.20. The Kier molecular flexibility index (Phi) is 6.58. The van der Waals surface area contributed by atoms with Gasteiger partial charge in [-0.2, -0.15) is 0 Å². The highest BCUT2D eigenvalue weighted by atomic mass is 35.5. The molecule has 0 unspecified atom stereocenters. The van der Waals surface area contributed by atoms with E-state index in [0.29, 0.717) is 12.5 Å². The smallest absolute Gasteiger partial charge is 0.254 e. The van der Waals surface area contributed by atoms with Gasteiger partial charge in [0, 0.05) is 35.6 Å². The molecule has 1 heterocycles. The van der Waals surface area contributed by atoms with E-state index in [0.717, 1.165) is 40.5 Å². The summed E-state index contributed by atoms with van der Waals surface area (Å²) in [7, 11) is 0. The molecular formula is C24H27ClN2O. The van der Waals surface area contributed by atoms with Crippen LogP contribution in [0.4, 0.5) is 0 Å². The van der Waals surface area contributed by atoms with Crippen molar-refractivity contribution in [1.82, 2.24) is 9.47 Å². The van der Waals surface area contributed by atoms with E-state index in [9.17, 15) is 4.79 Å². The standard InChI is InChI=1S/C24H27ClN2O/c1-18(2)15-27(24(28)23-12-5-4-8-19(23)3)17-22-11-7-13-26(22)16-20-9-6-10-21(25)14-20/h4-14,18H,15-17H2,1-3H3. The Morgan fingerprint density at radius 3 is 2.57 bits per heavy atom. The molecule has 0 atom stereocenters. The number of nitrogens with zero attached hydrogens (tertiary/aromatic N) is 2. The number of halogens is 1. The van der Waals surface area contributed by atoms with E-state index in [2.05, 4.69) is 36.7 Å². The van der Waals surface area contributed by atoms with Crippen molar-refractivity contribution in [1.29, 1.82) is 0 Å². The van der Waals surface area contributed by atoms with E-state index >= 15 is 0 Å². The summed E-state index contributed by atoms with van der Waals surface area (Å²) in [6.07, 6.45) is 2.06. The molecule has 2 aromatic carbocycles. The number of benzene rings is 2. The molecule has 0 N–H and O–H groups in total. The van der Waals surface area contributed by atoms with Gasteiger partial charge < -0.3 is 9.47 Å². The van der Waals surface area contributed by atoms with E-state index in [1.165, 1.54) is 0 Å². The lowest BCUT2D eigenvalue weighted by Crippen LogP contribution is -2.34. The number of hydrogen-bond acceptors (Lipinski definition) is 1. The maximum atomic E-state index is 13.2. The van der Waals surface area contributed by atoms with Crippen LogP contribution in [-0.4, -0.2) is 21.9 Å². The topological polar surface area (TPSA) is 25.2 Å². The fraction of sp³-hybridized carbons (Fsp3) is 0.292. The average Bonchev–Trinajstić information content (AvgIpc) is 3.07. The summed E-state index contributed by atoms with van der Waals surface area (Å²) in [5.41, 5.74) is 4.04. The molecule has 0 fully saturated rings. The molecule has 0 aliphatic carbocycles. The van der Waals surface area contributed by atoms with E-state index in [1.807, 2.05) is 60.4 Å². The fourth-order valence-corrected chi connectivity index (χ4v) is 3.63. The van der Waals surface area contributed by atoms with Crippen LogP contribution in [0.2, 0.25) is 5.02 Å². The maximum absolute atomic E-state index is 13.2. The highest BCUT2D eigenvalue weighted by Crippen LogP contribution is 2.18. The first kappa shape index (κ1) is 20.2. The summed E-state index contributed by atoms with van der Waals surface area (Å²) in [5.74, 6) is 0.478. The van der Waals surface area contributed by atoms with Gasteiger partial charge in [0.25, 0.3) is 5.91 Å². The average molecular weight is 395 g/mol. The molecule has 28 heavy (non-hydrogen) atoms. The van der Waals surface area contributed by atoms with Crippen LogP contribution in [0.25, 0.3) is 0 Å². The van der Waals surface area contributed by atoms with Crippen molar-refractivity contribution >= 4 is 17.5 Å². The second kappa shape index (κ2) is 9.11. The number of rotatable bonds is 7. The Bertz CT molecular complexity index is 945. The predicted molar refractivity (Wildman–Crippen MR) is 116 cm³/mol. The minimum atomic E-state index is 0.0855. The second-order valence-electron chi connectivity index (χ2n) is 7.65. The van der Waals surface area contributed by atoms with Crippen LogP contribution < -0.4 is 0 Å². The molecule has 1 aromatic heterocycles. The van der Waals surface area contributed by atoms with Crippen molar-refractivity contribution in [3.8, 4) is 0 Å². The molecule has 1 amide bonds. The lowest BCUT2D eigenvalue weighted by molar-refractivity contribution is 0.0718. The van der Waals surface area contributed by atoms with Crippen molar-refractivity contribution < 1.29 is 4.79 Å². The second-order valence-corrected chi connectivity index (χ2v) is 8.09. The third kappa shape index (κ3) is 5.05. The Hall–Kier alpha value is -2.52. The molecule has 3 rings (SSSR count). The zero-order chi connectivity index (χ0) is 20.1.